The van der Waals surface area contributed by atoms with E-state index in [0.29, 0.717) is 6.54 Å². The molecule has 1 aromatic carbocycles. The van der Waals surface area contributed by atoms with Crippen molar-refractivity contribution in [2.45, 2.75) is 27.3 Å². The molecule has 4 nitrogen and oxygen atoms in total. The minimum Gasteiger partial charge on any atom is -0.361 e. The average Bonchev–Trinajstić information content (AvgIpc) is 2.70. The lowest BCUT2D eigenvalue weighted by molar-refractivity contribution is 0.0784. The Bertz CT molecular complexity index is 582. The van der Waals surface area contributed by atoms with Crippen molar-refractivity contribution in [3.05, 3.63) is 52.4 Å². The molecule has 19 heavy (non-hydrogen) atoms. The van der Waals surface area contributed by atoms with E-state index >= 15 is 0 Å². The molecule has 0 saturated heterocycles. The van der Waals surface area contributed by atoms with Crippen molar-refractivity contribution in [1.82, 2.24) is 10.1 Å². The normalized spacial score (nSPS) is 10.5. The second-order valence-electron chi connectivity index (χ2n) is 4.78. The molecule has 1 heterocycles. The van der Waals surface area contributed by atoms with Crippen molar-refractivity contribution >= 4 is 5.91 Å². The Hall–Kier alpha value is -2.10. The van der Waals surface area contributed by atoms with Crippen LogP contribution < -0.4 is 0 Å². The fourth-order valence-corrected chi connectivity index (χ4v) is 2.06. The molecule has 2 aromatic rings. The van der Waals surface area contributed by atoms with E-state index in [0.717, 1.165) is 28.1 Å². The van der Waals surface area contributed by atoms with Crippen molar-refractivity contribution in [3.63, 3.8) is 0 Å². The average molecular weight is 258 g/mol. The molecule has 4 heteroatoms. The molecule has 1 amide bonds. The molecule has 2 rings (SSSR count). The van der Waals surface area contributed by atoms with Gasteiger partial charge in [-0.25, -0.2) is 0 Å². The van der Waals surface area contributed by atoms with Crippen LogP contribution in [0, 0.1) is 20.8 Å². The van der Waals surface area contributed by atoms with Crippen LogP contribution in [0.3, 0.4) is 0 Å². The number of rotatable bonds is 3. The maximum atomic E-state index is 12.4. The van der Waals surface area contributed by atoms with Gasteiger partial charge in [-0.3, -0.25) is 4.79 Å². The van der Waals surface area contributed by atoms with Crippen LogP contribution in [0.2, 0.25) is 0 Å². The lowest BCUT2D eigenvalue weighted by Gasteiger charge is -2.18. The highest BCUT2D eigenvalue weighted by Gasteiger charge is 2.17. The molecule has 0 unspecified atom stereocenters. The highest BCUT2D eigenvalue weighted by atomic mass is 16.5. The van der Waals surface area contributed by atoms with Gasteiger partial charge < -0.3 is 9.42 Å². The molecular weight excluding hydrogens is 240 g/mol. The minimum absolute atomic E-state index is 0.0121. The van der Waals surface area contributed by atoms with Gasteiger partial charge in [0.1, 0.15) is 5.76 Å². The Morgan fingerprint density at radius 3 is 2.53 bits per heavy atom. The second kappa shape index (κ2) is 5.26. The zero-order valence-corrected chi connectivity index (χ0v) is 11.7. The molecule has 0 fully saturated rings. The molecule has 0 bridgehead atoms. The van der Waals surface area contributed by atoms with Gasteiger partial charge in [0.15, 0.2) is 0 Å². The number of carbonyl (C=O) groups excluding carboxylic acids is 1. The van der Waals surface area contributed by atoms with E-state index in [1.165, 1.54) is 0 Å². The van der Waals surface area contributed by atoms with Gasteiger partial charge in [-0.2, -0.15) is 0 Å². The lowest BCUT2D eigenvalue weighted by atomic mass is 10.1. The van der Waals surface area contributed by atoms with Gasteiger partial charge in [-0.15, -0.1) is 0 Å². The van der Waals surface area contributed by atoms with E-state index in [-0.39, 0.29) is 5.91 Å². The first-order valence-corrected chi connectivity index (χ1v) is 6.23. The van der Waals surface area contributed by atoms with E-state index in [4.69, 9.17) is 4.52 Å². The summed E-state index contributed by atoms with van der Waals surface area (Å²) in [6, 6.07) is 7.60. The van der Waals surface area contributed by atoms with E-state index in [9.17, 15) is 4.79 Å². The van der Waals surface area contributed by atoms with Gasteiger partial charge in [0, 0.05) is 18.2 Å². The Labute approximate surface area is 113 Å². The molecule has 0 aliphatic heterocycles. The van der Waals surface area contributed by atoms with Gasteiger partial charge in [0.05, 0.1) is 12.2 Å². The summed E-state index contributed by atoms with van der Waals surface area (Å²) in [4.78, 5) is 14.1. The number of amides is 1. The third kappa shape index (κ3) is 2.67. The third-order valence-electron chi connectivity index (χ3n) is 3.30. The Morgan fingerprint density at radius 2 is 1.95 bits per heavy atom. The number of carbonyl (C=O) groups is 1. The number of aromatic nitrogens is 1. The van der Waals surface area contributed by atoms with Crippen LogP contribution in [-0.4, -0.2) is 23.0 Å². The summed E-state index contributed by atoms with van der Waals surface area (Å²) in [6.07, 6.45) is 0. The smallest absolute Gasteiger partial charge is 0.254 e. The Morgan fingerprint density at radius 1 is 1.26 bits per heavy atom. The summed E-state index contributed by atoms with van der Waals surface area (Å²) in [7, 11) is 1.79. The van der Waals surface area contributed by atoms with Gasteiger partial charge in [-0.05, 0) is 32.4 Å². The Balaban J connectivity index is 2.19. The fourth-order valence-electron chi connectivity index (χ4n) is 2.06. The molecule has 100 valence electrons. The second-order valence-corrected chi connectivity index (χ2v) is 4.78. The molecule has 0 saturated carbocycles. The number of benzene rings is 1. The predicted octanol–water partition coefficient (Wildman–Crippen LogP) is 2.87. The van der Waals surface area contributed by atoms with Crippen molar-refractivity contribution in [2.75, 3.05) is 7.05 Å². The number of nitrogens with zero attached hydrogens (tertiary/aromatic N) is 2. The highest BCUT2D eigenvalue weighted by Crippen LogP contribution is 2.16. The monoisotopic (exact) mass is 258 g/mol. The first kappa shape index (κ1) is 13.3. The van der Waals surface area contributed by atoms with Crippen LogP contribution in [0.25, 0.3) is 0 Å². The standard InChI is InChI=1S/C15H18N2O2/c1-10-7-5-6-8-13(10)15(18)17(4)9-14-11(2)16-19-12(14)3/h5-8H,9H2,1-4H3. The quantitative estimate of drug-likeness (QED) is 0.850. The minimum atomic E-state index is 0.0121. The molecule has 0 spiro atoms. The largest absolute Gasteiger partial charge is 0.361 e. The molecule has 0 atom stereocenters. The van der Waals surface area contributed by atoms with Gasteiger partial charge >= 0.3 is 0 Å². The molecular formula is C15H18N2O2. The number of hydrogen-bond acceptors (Lipinski definition) is 3. The van der Waals surface area contributed by atoms with Crippen LogP contribution in [0.1, 0.15) is 32.9 Å². The van der Waals surface area contributed by atoms with E-state index in [1.807, 2.05) is 45.0 Å². The lowest BCUT2D eigenvalue weighted by Crippen LogP contribution is -2.27. The van der Waals surface area contributed by atoms with E-state index < -0.39 is 0 Å². The van der Waals surface area contributed by atoms with Crippen LogP contribution >= 0.6 is 0 Å². The summed E-state index contributed by atoms with van der Waals surface area (Å²) in [5, 5.41) is 3.91. The SMILES string of the molecule is Cc1ccccc1C(=O)N(C)Cc1c(C)noc1C. The van der Waals surface area contributed by atoms with Crippen molar-refractivity contribution in [3.8, 4) is 0 Å². The maximum Gasteiger partial charge on any atom is 0.254 e. The van der Waals surface area contributed by atoms with Crippen LogP contribution in [-0.2, 0) is 6.54 Å². The summed E-state index contributed by atoms with van der Waals surface area (Å²) in [6.45, 7) is 6.20. The first-order chi connectivity index (χ1) is 9.00. The predicted molar refractivity (Wildman–Crippen MR) is 73.0 cm³/mol. The first-order valence-electron chi connectivity index (χ1n) is 6.23. The van der Waals surface area contributed by atoms with Crippen LogP contribution in [0.15, 0.2) is 28.8 Å². The van der Waals surface area contributed by atoms with Gasteiger partial charge in [0.2, 0.25) is 0 Å². The summed E-state index contributed by atoms with van der Waals surface area (Å²) >= 11 is 0. The number of aryl methyl sites for hydroxylation is 3. The van der Waals surface area contributed by atoms with E-state index in [1.54, 1.807) is 11.9 Å². The van der Waals surface area contributed by atoms with E-state index in [2.05, 4.69) is 5.16 Å². The zero-order chi connectivity index (χ0) is 14.0. The van der Waals surface area contributed by atoms with Crippen molar-refractivity contribution < 1.29 is 9.32 Å². The van der Waals surface area contributed by atoms with Crippen LogP contribution in [0.5, 0.6) is 0 Å². The summed E-state index contributed by atoms with van der Waals surface area (Å²) < 4.78 is 5.12. The summed E-state index contributed by atoms with van der Waals surface area (Å²) in [5.74, 6) is 0.778. The number of hydrogen-bond donors (Lipinski definition) is 0. The molecule has 0 N–H and O–H groups in total. The topological polar surface area (TPSA) is 46.3 Å². The fraction of sp³-hybridized carbons (Fsp3) is 0.333. The molecule has 0 aliphatic rings. The molecule has 1 aromatic heterocycles. The van der Waals surface area contributed by atoms with Gasteiger partial charge in [0.25, 0.3) is 5.91 Å². The molecule has 0 aliphatic carbocycles. The Kier molecular flexibility index (Phi) is 3.69. The highest BCUT2D eigenvalue weighted by molar-refractivity contribution is 5.95. The maximum absolute atomic E-state index is 12.4. The summed E-state index contributed by atoms with van der Waals surface area (Å²) in [5.41, 5.74) is 3.53. The third-order valence-corrected chi connectivity index (χ3v) is 3.30. The molecule has 0 radical (unpaired) electrons. The van der Waals surface area contributed by atoms with Crippen molar-refractivity contribution in [2.24, 2.45) is 0 Å². The van der Waals surface area contributed by atoms with Crippen LogP contribution in [0.4, 0.5) is 0 Å². The van der Waals surface area contributed by atoms with Crippen molar-refractivity contribution in [1.29, 1.82) is 0 Å². The van der Waals surface area contributed by atoms with Gasteiger partial charge in [-0.1, -0.05) is 23.4 Å². The zero-order valence-electron chi connectivity index (χ0n) is 11.7.